The lowest BCUT2D eigenvalue weighted by Crippen LogP contribution is -2.49. The van der Waals surface area contributed by atoms with Crippen LogP contribution in [0.4, 0.5) is 30.5 Å². The van der Waals surface area contributed by atoms with Crippen molar-refractivity contribution in [2.45, 2.75) is 61.7 Å². The first kappa shape index (κ1) is 28.5. The van der Waals surface area contributed by atoms with Crippen LogP contribution in [0.3, 0.4) is 0 Å². The Morgan fingerprint density at radius 2 is 1.91 bits per heavy atom. The minimum absolute atomic E-state index is 0.0261. The van der Waals surface area contributed by atoms with Crippen LogP contribution in [0.25, 0.3) is 10.6 Å². The lowest BCUT2D eigenvalue weighted by molar-refractivity contribution is -0.137. The predicted molar refractivity (Wildman–Crippen MR) is 158 cm³/mol. The molecule has 0 bridgehead atoms. The average Bonchev–Trinajstić information content (AvgIpc) is 3.90. The summed E-state index contributed by atoms with van der Waals surface area (Å²) >= 11 is 0.743. The zero-order valence-electron chi connectivity index (χ0n) is 23.4. The maximum absolute atomic E-state index is 14.2. The second-order valence-electron chi connectivity index (χ2n) is 11.8. The van der Waals surface area contributed by atoms with E-state index < -0.39 is 33.2 Å². The Morgan fingerprint density at radius 3 is 2.60 bits per heavy atom. The number of carbonyl (C=O) groups is 1. The summed E-state index contributed by atoms with van der Waals surface area (Å²) in [5.41, 5.74) is 1.33. The van der Waals surface area contributed by atoms with Gasteiger partial charge in [-0.15, -0.1) is 11.3 Å². The number of anilines is 3. The third kappa shape index (κ3) is 5.60. The molecule has 1 aromatic carbocycles. The van der Waals surface area contributed by atoms with Crippen molar-refractivity contribution in [3.63, 3.8) is 0 Å². The third-order valence-electron chi connectivity index (χ3n) is 8.44. The maximum Gasteiger partial charge on any atom is 0.420 e. The fourth-order valence-corrected chi connectivity index (χ4v) is 8.80. The van der Waals surface area contributed by atoms with Crippen molar-refractivity contribution in [3.8, 4) is 10.6 Å². The van der Waals surface area contributed by atoms with Crippen LogP contribution in [0.5, 0.6) is 0 Å². The Hall–Kier alpha value is -3.23. The lowest BCUT2D eigenvalue weighted by atomic mass is 10.1. The summed E-state index contributed by atoms with van der Waals surface area (Å²) in [5.74, 6) is -0.418. The fraction of sp³-hybridized carbons (Fsp3) is 0.483. The SMILES string of the molecule is C[C@H]1CN(c2ccc(Nc3ncc(C(F)(F)F)c(-c4cc5c(s4)C(=O)N(C4CC4)CCS5(=O)=O)n3)c(C3CC3)c2)CCN1. The van der Waals surface area contributed by atoms with Gasteiger partial charge in [0, 0.05) is 55.8 Å². The normalized spacial score (nSPS) is 22.3. The zero-order chi connectivity index (χ0) is 30.1. The molecule has 2 saturated carbocycles. The van der Waals surface area contributed by atoms with Gasteiger partial charge < -0.3 is 20.4 Å². The standard InChI is InChI=1S/C29H31F3N6O3S2/c1-16-15-37(9-8-33-16)19-6-7-22(20(12-19)17-2-3-17)35-28-34-14-21(29(30,31)32)25(36-28)23-13-24-26(42-23)27(39)38(18-4-5-18)10-11-43(24,40)41/h6-7,12-14,16-18,33H,2-5,8-11,15H2,1H3,(H,34,35,36)/t16-/m0/s1. The van der Waals surface area contributed by atoms with Gasteiger partial charge in [0.15, 0.2) is 9.84 Å². The molecular formula is C29H31F3N6O3S2. The van der Waals surface area contributed by atoms with Crippen molar-refractivity contribution >= 4 is 44.4 Å². The van der Waals surface area contributed by atoms with Gasteiger partial charge in [-0.3, -0.25) is 4.79 Å². The first-order chi connectivity index (χ1) is 20.5. The largest absolute Gasteiger partial charge is 0.420 e. The van der Waals surface area contributed by atoms with E-state index >= 15 is 0 Å². The van der Waals surface area contributed by atoms with Gasteiger partial charge in [0.2, 0.25) is 5.95 Å². The molecule has 0 radical (unpaired) electrons. The Morgan fingerprint density at radius 1 is 1.12 bits per heavy atom. The molecular weight excluding hydrogens is 601 g/mol. The number of aromatic nitrogens is 2. The second-order valence-corrected chi connectivity index (χ2v) is 14.9. The summed E-state index contributed by atoms with van der Waals surface area (Å²) in [6.07, 6.45) is -0.449. The number of sulfone groups is 1. The second kappa shape index (κ2) is 10.4. The van der Waals surface area contributed by atoms with E-state index in [4.69, 9.17) is 0 Å². The number of alkyl halides is 3. The van der Waals surface area contributed by atoms with E-state index in [-0.39, 0.29) is 38.9 Å². The predicted octanol–water partition coefficient (Wildman–Crippen LogP) is 5.03. The van der Waals surface area contributed by atoms with Crippen molar-refractivity contribution in [1.82, 2.24) is 20.2 Å². The first-order valence-electron chi connectivity index (χ1n) is 14.5. The van der Waals surface area contributed by atoms with Gasteiger partial charge >= 0.3 is 6.18 Å². The zero-order valence-corrected chi connectivity index (χ0v) is 25.1. The molecule has 1 amide bonds. The van der Waals surface area contributed by atoms with Crippen LogP contribution in [0.1, 0.15) is 59.3 Å². The van der Waals surface area contributed by atoms with Crippen LogP contribution in [0.2, 0.25) is 0 Å². The quantitative estimate of drug-likeness (QED) is 0.390. The van der Waals surface area contributed by atoms with Crippen LogP contribution in [0, 0.1) is 0 Å². The van der Waals surface area contributed by atoms with Crippen LogP contribution < -0.4 is 15.5 Å². The smallest absolute Gasteiger partial charge is 0.369 e. The molecule has 2 aliphatic heterocycles. The molecule has 4 aliphatic rings. The molecule has 7 rings (SSSR count). The summed E-state index contributed by atoms with van der Waals surface area (Å²) in [6, 6.07) is 7.56. The number of amides is 1. The summed E-state index contributed by atoms with van der Waals surface area (Å²) in [5, 5.41) is 6.58. The van der Waals surface area contributed by atoms with Crippen LogP contribution in [-0.2, 0) is 16.0 Å². The van der Waals surface area contributed by atoms with Crippen molar-refractivity contribution in [1.29, 1.82) is 0 Å². The number of nitrogens with one attached hydrogen (secondary N) is 2. The van der Waals surface area contributed by atoms with Gasteiger partial charge in [-0.2, -0.15) is 13.2 Å². The van der Waals surface area contributed by atoms with Gasteiger partial charge in [-0.1, -0.05) is 0 Å². The van der Waals surface area contributed by atoms with Crippen molar-refractivity contribution in [3.05, 3.63) is 46.5 Å². The minimum Gasteiger partial charge on any atom is -0.369 e. The molecule has 228 valence electrons. The van der Waals surface area contributed by atoms with Gasteiger partial charge in [-0.05, 0) is 68.4 Å². The number of halogens is 3. The molecule has 2 aromatic heterocycles. The highest BCUT2D eigenvalue weighted by Crippen LogP contribution is 2.46. The topological polar surface area (TPSA) is 108 Å². The Labute approximate surface area is 251 Å². The van der Waals surface area contributed by atoms with Gasteiger partial charge in [0.1, 0.15) is 10.4 Å². The van der Waals surface area contributed by atoms with Crippen molar-refractivity contribution in [2.75, 3.05) is 42.1 Å². The summed E-state index contributed by atoms with van der Waals surface area (Å²) in [7, 11) is -3.87. The number of thiophene rings is 1. The summed E-state index contributed by atoms with van der Waals surface area (Å²) in [6.45, 7) is 4.87. The number of carbonyl (C=O) groups excluding carboxylic acids is 1. The van der Waals surface area contributed by atoms with E-state index in [0.29, 0.717) is 12.0 Å². The van der Waals surface area contributed by atoms with Crippen molar-refractivity contribution in [2.24, 2.45) is 0 Å². The Balaban J connectivity index is 1.26. The number of rotatable bonds is 6. The first-order valence-corrected chi connectivity index (χ1v) is 17.0. The Bertz CT molecular complexity index is 1700. The number of benzene rings is 1. The number of hydrogen-bond acceptors (Lipinski definition) is 9. The Kier molecular flexibility index (Phi) is 6.93. The van der Waals surface area contributed by atoms with Crippen LogP contribution >= 0.6 is 11.3 Å². The van der Waals surface area contributed by atoms with E-state index in [2.05, 4.69) is 38.5 Å². The highest BCUT2D eigenvalue weighted by molar-refractivity contribution is 7.91. The monoisotopic (exact) mass is 632 g/mol. The highest BCUT2D eigenvalue weighted by Gasteiger charge is 2.42. The molecule has 4 heterocycles. The van der Waals surface area contributed by atoms with Gasteiger partial charge in [0.25, 0.3) is 5.91 Å². The molecule has 14 heteroatoms. The maximum atomic E-state index is 14.2. The van der Waals surface area contributed by atoms with Crippen LogP contribution in [-0.4, -0.2) is 73.2 Å². The fourth-order valence-electron chi connectivity index (χ4n) is 5.88. The van der Waals surface area contributed by atoms with Gasteiger partial charge in [-0.25, -0.2) is 18.4 Å². The molecule has 3 fully saturated rings. The number of hydrogen-bond donors (Lipinski definition) is 2. The molecule has 1 saturated heterocycles. The van der Waals surface area contributed by atoms with E-state index in [1.807, 2.05) is 12.1 Å². The number of piperazine rings is 1. The molecule has 2 aliphatic carbocycles. The van der Waals surface area contributed by atoms with E-state index in [1.165, 1.54) is 11.0 Å². The summed E-state index contributed by atoms with van der Waals surface area (Å²) < 4.78 is 68.7. The molecule has 2 N–H and O–H groups in total. The summed E-state index contributed by atoms with van der Waals surface area (Å²) in [4.78, 5) is 25.1. The third-order valence-corrected chi connectivity index (χ3v) is 11.4. The van der Waals surface area contributed by atoms with E-state index in [1.54, 1.807) is 0 Å². The van der Waals surface area contributed by atoms with Crippen molar-refractivity contribution < 1.29 is 26.4 Å². The van der Waals surface area contributed by atoms with E-state index in [0.717, 1.165) is 79.8 Å². The molecule has 0 unspecified atom stereocenters. The van der Waals surface area contributed by atoms with Gasteiger partial charge in [0.05, 0.1) is 21.2 Å². The lowest BCUT2D eigenvalue weighted by Gasteiger charge is -2.34. The molecule has 9 nitrogen and oxygen atoms in total. The average molecular weight is 633 g/mol. The van der Waals surface area contributed by atoms with Crippen LogP contribution in [0.15, 0.2) is 35.4 Å². The highest BCUT2D eigenvalue weighted by atomic mass is 32.2. The molecule has 0 spiro atoms. The molecule has 43 heavy (non-hydrogen) atoms. The molecule has 1 atom stereocenters. The molecule has 3 aromatic rings. The number of fused-ring (bicyclic) bond motifs is 1. The number of nitrogens with zero attached hydrogens (tertiary/aromatic N) is 4. The van der Waals surface area contributed by atoms with E-state index in [9.17, 15) is 26.4 Å². The minimum atomic E-state index is -4.79.